The molecular formula is C25H36O2. The number of aliphatic hydroxyl groups is 1. The first kappa shape index (κ1) is 20.3. The minimum Gasteiger partial charge on any atom is -0.392 e. The van der Waals surface area contributed by atoms with Crippen LogP contribution in [0.2, 0.25) is 0 Å². The van der Waals surface area contributed by atoms with E-state index in [0.717, 1.165) is 18.4 Å². The molecule has 0 heterocycles. The largest absolute Gasteiger partial charge is 0.392 e. The van der Waals surface area contributed by atoms with Crippen LogP contribution >= 0.6 is 0 Å². The highest BCUT2D eigenvalue weighted by Gasteiger charge is 2.50. The zero-order chi connectivity index (χ0) is 19.8. The molecule has 0 saturated heterocycles. The van der Waals surface area contributed by atoms with Crippen LogP contribution in [0.15, 0.2) is 47.1 Å². The van der Waals surface area contributed by atoms with Crippen molar-refractivity contribution >= 4 is 5.78 Å². The highest BCUT2D eigenvalue weighted by Crippen LogP contribution is 2.58. The maximum atomic E-state index is 12.6. The third-order valence-electron chi connectivity index (χ3n) is 7.55. The molecule has 6 atom stereocenters. The predicted octanol–water partition coefficient (Wildman–Crippen LogP) is 5.65. The summed E-state index contributed by atoms with van der Waals surface area (Å²) in [4.78, 5) is 12.6. The quantitative estimate of drug-likeness (QED) is 0.514. The summed E-state index contributed by atoms with van der Waals surface area (Å²) in [5.41, 5.74) is 3.78. The van der Waals surface area contributed by atoms with Gasteiger partial charge in [0.05, 0.1) is 12.5 Å². The lowest BCUT2D eigenvalue weighted by Crippen LogP contribution is -2.34. The number of ketones is 1. The zero-order valence-corrected chi connectivity index (χ0v) is 17.7. The van der Waals surface area contributed by atoms with Crippen molar-refractivity contribution < 1.29 is 9.90 Å². The zero-order valence-electron chi connectivity index (χ0n) is 17.7. The maximum Gasteiger partial charge on any atom is 0.163 e. The van der Waals surface area contributed by atoms with Gasteiger partial charge in [-0.25, -0.2) is 0 Å². The highest BCUT2D eigenvalue weighted by atomic mass is 16.3. The Bertz CT molecular complexity index is 704. The van der Waals surface area contributed by atoms with Gasteiger partial charge in [-0.15, -0.1) is 0 Å². The summed E-state index contributed by atoms with van der Waals surface area (Å²) in [7, 11) is 0. The number of allylic oxidation sites excluding steroid dienone is 7. The molecule has 1 fully saturated rings. The maximum absolute atomic E-state index is 12.6. The van der Waals surface area contributed by atoms with Gasteiger partial charge in [0.15, 0.2) is 5.78 Å². The van der Waals surface area contributed by atoms with Crippen molar-refractivity contribution in [2.75, 3.05) is 6.61 Å². The molecule has 3 aliphatic carbocycles. The molecular weight excluding hydrogens is 332 g/mol. The first-order chi connectivity index (χ1) is 12.8. The molecule has 3 rings (SSSR count). The number of rotatable bonds is 4. The van der Waals surface area contributed by atoms with E-state index in [-0.39, 0.29) is 29.6 Å². The monoisotopic (exact) mass is 368 g/mol. The number of hydrogen-bond acceptors (Lipinski definition) is 2. The van der Waals surface area contributed by atoms with E-state index in [0.29, 0.717) is 17.8 Å². The summed E-state index contributed by atoms with van der Waals surface area (Å²) in [5, 5.41) is 9.95. The van der Waals surface area contributed by atoms with E-state index in [1.807, 2.05) is 6.08 Å². The van der Waals surface area contributed by atoms with Crippen LogP contribution in [-0.4, -0.2) is 17.5 Å². The molecule has 0 spiro atoms. The molecule has 1 saturated carbocycles. The Balaban J connectivity index is 1.89. The molecule has 2 nitrogen and oxygen atoms in total. The van der Waals surface area contributed by atoms with Gasteiger partial charge in [-0.2, -0.15) is 0 Å². The van der Waals surface area contributed by atoms with Crippen LogP contribution in [0.3, 0.4) is 0 Å². The average molecular weight is 369 g/mol. The topological polar surface area (TPSA) is 37.3 Å². The van der Waals surface area contributed by atoms with Crippen LogP contribution in [0.4, 0.5) is 0 Å². The third kappa shape index (κ3) is 3.92. The summed E-state index contributed by atoms with van der Waals surface area (Å²) in [6.45, 7) is 11.2. The Morgan fingerprint density at radius 3 is 2.81 bits per heavy atom. The number of aliphatic hydroxyl groups excluding tert-OH is 1. The summed E-state index contributed by atoms with van der Waals surface area (Å²) in [6, 6.07) is 0. The van der Waals surface area contributed by atoms with Gasteiger partial charge in [-0.1, -0.05) is 49.3 Å². The van der Waals surface area contributed by atoms with Gasteiger partial charge in [0, 0.05) is 0 Å². The molecule has 0 radical (unpaired) electrons. The fourth-order valence-electron chi connectivity index (χ4n) is 5.98. The van der Waals surface area contributed by atoms with Gasteiger partial charge in [0.25, 0.3) is 0 Å². The molecule has 0 bridgehead atoms. The van der Waals surface area contributed by atoms with E-state index in [2.05, 4.69) is 58.9 Å². The fraction of sp³-hybridized carbons (Fsp3) is 0.640. The molecule has 0 aromatic rings. The van der Waals surface area contributed by atoms with Gasteiger partial charge in [0.2, 0.25) is 0 Å². The van der Waals surface area contributed by atoms with Crippen LogP contribution in [0.1, 0.15) is 60.3 Å². The minimum absolute atomic E-state index is 0.0121. The summed E-state index contributed by atoms with van der Waals surface area (Å²) >= 11 is 0. The summed E-state index contributed by atoms with van der Waals surface area (Å²) in [6.07, 6.45) is 15.4. The molecule has 0 amide bonds. The molecule has 1 N–H and O–H groups in total. The van der Waals surface area contributed by atoms with Gasteiger partial charge in [0.1, 0.15) is 0 Å². The van der Waals surface area contributed by atoms with E-state index in [4.69, 9.17) is 0 Å². The fourth-order valence-corrected chi connectivity index (χ4v) is 5.98. The second-order valence-electron chi connectivity index (χ2n) is 9.70. The van der Waals surface area contributed by atoms with Crippen molar-refractivity contribution in [3.05, 3.63) is 47.1 Å². The van der Waals surface area contributed by atoms with E-state index in [1.165, 1.54) is 24.0 Å². The Hall–Kier alpha value is -1.41. The first-order valence-electron chi connectivity index (χ1n) is 10.6. The van der Waals surface area contributed by atoms with Gasteiger partial charge in [-0.05, 0) is 87.2 Å². The highest BCUT2D eigenvalue weighted by molar-refractivity contribution is 5.97. The number of carbonyl (C=O) groups is 1. The predicted molar refractivity (Wildman–Crippen MR) is 112 cm³/mol. The lowest BCUT2D eigenvalue weighted by atomic mass is 9.63. The molecule has 1 unspecified atom stereocenters. The van der Waals surface area contributed by atoms with Crippen molar-refractivity contribution in [3.8, 4) is 0 Å². The van der Waals surface area contributed by atoms with Crippen LogP contribution < -0.4 is 0 Å². The molecule has 2 heteroatoms. The van der Waals surface area contributed by atoms with Crippen LogP contribution in [0.5, 0.6) is 0 Å². The summed E-state index contributed by atoms with van der Waals surface area (Å²) in [5.74, 6) is 2.21. The Kier molecular flexibility index (Phi) is 5.96. The van der Waals surface area contributed by atoms with E-state index in [9.17, 15) is 9.90 Å². The standard InChI is InChI=1S/C25H36O2/c1-16(2)7-6-8-17(3)20-11-12-25(5)14-21-18(4)13-23(27)24(21)19(15-26)9-10-22(20)25/h6-9,13,17,20-22,24,26H,10-12,14-15H2,1-5H3/b8-6-,19-9-/t17-,20+,21+,22-,24?,25+/m1/s1. The Morgan fingerprint density at radius 2 is 2.15 bits per heavy atom. The molecule has 27 heavy (non-hydrogen) atoms. The minimum atomic E-state index is -0.109. The number of hydrogen-bond donors (Lipinski definition) is 1. The lowest BCUT2D eigenvalue weighted by molar-refractivity contribution is -0.117. The first-order valence-corrected chi connectivity index (χ1v) is 10.6. The van der Waals surface area contributed by atoms with E-state index in [1.54, 1.807) is 0 Å². The van der Waals surface area contributed by atoms with Crippen molar-refractivity contribution in [2.45, 2.75) is 60.3 Å². The van der Waals surface area contributed by atoms with Crippen molar-refractivity contribution in [1.29, 1.82) is 0 Å². The van der Waals surface area contributed by atoms with Crippen molar-refractivity contribution in [1.82, 2.24) is 0 Å². The van der Waals surface area contributed by atoms with Crippen LogP contribution in [-0.2, 0) is 4.79 Å². The molecule has 3 aliphatic rings. The van der Waals surface area contributed by atoms with E-state index < -0.39 is 0 Å². The van der Waals surface area contributed by atoms with Crippen molar-refractivity contribution in [2.24, 2.45) is 35.0 Å². The second kappa shape index (κ2) is 7.91. The molecule has 148 valence electrons. The number of fused-ring (bicyclic) bond motifs is 2. The van der Waals surface area contributed by atoms with Crippen LogP contribution in [0, 0.1) is 35.0 Å². The third-order valence-corrected chi connectivity index (χ3v) is 7.55. The SMILES string of the molecule is CC(C)=C/C=C\[C@@H](C)[C@@H]1CC[C@@]2(C)C[C@H]3C(C)=CC(=O)C3/C(CO)=C\C[C@H]12. The summed E-state index contributed by atoms with van der Waals surface area (Å²) < 4.78 is 0. The normalized spacial score (nSPS) is 39.1. The number of carbonyl (C=O) groups excluding carboxylic acids is 1. The molecule has 0 aromatic carbocycles. The van der Waals surface area contributed by atoms with Gasteiger partial charge >= 0.3 is 0 Å². The van der Waals surface area contributed by atoms with E-state index >= 15 is 0 Å². The van der Waals surface area contributed by atoms with Gasteiger partial charge in [-0.3, -0.25) is 4.79 Å². The second-order valence-corrected chi connectivity index (χ2v) is 9.70. The van der Waals surface area contributed by atoms with Crippen molar-refractivity contribution in [3.63, 3.8) is 0 Å². The average Bonchev–Trinajstić information content (AvgIpc) is 3.04. The van der Waals surface area contributed by atoms with Crippen LogP contribution in [0.25, 0.3) is 0 Å². The lowest BCUT2D eigenvalue weighted by Gasteiger charge is -2.41. The Labute approximate surface area is 165 Å². The molecule has 0 aliphatic heterocycles. The Morgan fingerprint density at radius 1 is 1.41 bits per heavy atom. The molecule has 0 aromatic heterocycles. The smallest absolute Gasteiger partial charge is 0.163 e. The van der Waals surface area contributed by atoms with Gasteiger partial charge < -0.3 is 5.11 Å².